The third-order valence-electron chi connectivity index (χ3n) is 4.25. The normalized spacial score (nSPS) is 15.2. The first-order valence-corrected chi connectivity index (χ1v) is 10.1. The third-order valence-corrected chi connectivity index (χ3v) is 6.13. The summed E-state index contributed by atoms with van der Waals surface area (Å²) in [5.74, 6) is 0.475. The van der Waals surface area contributed by atoms with Gasteiger partial charge in [-0.25, -0.2) is 15.0 Å². The number of carbonyl (C=O) groups is 1. The average Bonchev–Trinajstić information content (AvgIpc) is 3.34. The topological polar surface area (TPSA) is 97.0 Å². The van der Waals surface area contributed by atoms with Gasteiger partial charge in [0.1, 0.15) is 22.7 Å². The molecule has 26 heavy (non-hydrogen) atoms. The van der Waals surface area contributed by atoms with Crippen molar-refractivity contribution in [2.75, 3.05) is 23.3 Å². The van der Waals surface area contributed by atoms with Gasteiger partial charge in [-0.1, -0.05) is 6.07 Å². The van der Waals surface area contributed by atoms with Gasteiger partial charge in [0.05, 0.1) is 11.1 Å². The van der Waals surface area contributed by atoms with E-state index in [1.807, 2.05) is 17.5 Å². The van der Waals surface area contributed by atoms with Crippen LogP contribution < -0.4 is 16.0 Å². The number of piperidine rings is 1. The molecule has 1 fully saturated rings. The summed E-state index contributed by atoms with van der Waals surface area (Å²) in [4.78, 5) is 28.7. The molecule has 1 amide bonds. The molecule has 3 aromatic heterocycles. The molecule has 0 radical (unpaired) electrons. The summed E-state index contributed by atoms with van der Waals surface area (Å²) >= 11 is 3.07. The van der Waals surface area contributed by atoms with E-state index >= 15 is 0 Å². The Kier molecular flexibility index (Phi) is 4.91. The highest BCUT2D eigenvalue weighted by molar-refractivity contribution is 7.20. The van der Waals surface area contributed by atoms with Crippen molar-refractivity contribution in [2.24, 2.45) is 5.73 Å². The van der Waals surface area contributed by atoms with E-state index in [1.165, 1.54) is 17.7 Å². The molecule has 0 saturated carbocycles. The lowest BCUT2D eigenvalue weighted by Gasteiger charge is -2.31. The maximum Gasteiger partial charge on any atom is 0.275 e. The van der Waals surface area contributed by atoms with Crippen molar-refractivity contribution in [1.29, 1.82) is 0 Å². The van der Waals surface area contributed by atoms with E-state index in [1.54, 1.807) is 22.9 Å². The van der Waals surface area contributed by atoms with Crippen LogP contribution in [0, 0.1) is 0 Å². The molecule has 1 aliphatic rings. The van der Waals surface area contributed by atoms with E-state index in [4.69, 9.17) is 5.73 Å². The van der Waals surface area contributed by atoms with Crippen LogP contribution in [-0.4, -0.2) is 40.0 Å². The minimum atomic E-state index is -0.256. The Morgan fingerprint density at radius 2 is 2.15 bits per heavy atom. The number of amides is 1. The number of nitrogens with two attached hydrogens (primary N) is 1. The minimum absolute atomic E-state index is 0.233. The predicted octanol–water partition coefficient (Wildman–Crippen LogP) is 2.84. The largest absolute Gasteiger partial charge is 0.355 e. The molecule has 134 valence electrons. The molecular formula is C17H18N6OS2. The van der Waals surface area contributed by atoms with Crippen molar-refractivity contribution in [3.8, 4) is 9.88 Å². The summed E-state index contributed by atoms with van der Waals surface area (Å²) < 4.78 is 0. The first-order valence-electron chi connectivity index (χ1n) is 8.32. The third kappa shape index (κ3) is 3.59. The molecular weight excluding hydrogens is 368 g/mol. The highest BCUT2D eigenvalue weighted by Crippen LogP contribution is 2.29. The number of thiazole rings is 1. The zero-order valence-corrected chi connectivity index (χ0v) is 15.6. The van der Waals surface area contributed by atoms with E-state index in [-0.39, 0.29) is 11.9 Å². The van der Waals surface area contributed by atoms with Crippen LogP contribution >= 0.6 is 22.7 Å². The summed E-state index contributed by atoms with van der Waals surface area (Å²) in [6.45, 7) is 1.64. The van der Waals surface area contributed by atoms with Gasteiger partial charge < -0.3 is 16.0 Å². The summed E-state index contributed by atoms with van der Waals surface area (Å²) in [7, 11) is 0. The number of hydrogen-bond acceptors (Lipinski definition) is 8. The Morgan fingerprint density at radius 3 is 2.92 bits per heavy atom. The molecule has 1 aliphatic heterocycles. The summed E-state index contributed by atoms with van der Waals surface area (Å²) in [5.41, 5.74) is 6.97. The molecule has 0 unspecified atom stereocenters. The number of nitrogens with one attached hydrogen (secondary N) is 1. The van der Waals surface area contributed by atoms with Gasteiger partial charge in [0.15, 0.2) is 5.82 Å². The van der Waals surface area contributed by atoms with Crippen LogP contribution in [0.5, 0.6) is 0 Å². The molecule has 7 nitrogen and oxygen atoms in total. The molecule has 1 saturated heterocycles. The van der Waals surface area contributed by atoms with Crippen LogP contribution in [0.15, 0.2) is 35.4 Å². The Bertz CT molecular complexity index is 886. The van der Waals surface area contributed by atoms with Crippen molar-refractivity contribution < 1.29 is 4.79 Å². The van der Waals surface area contributed by atoms with Gasteiger partial charge >= 0.3 is 0 Å². The van der Waals surface area contributed by atoms with E-state index < -0.39 is 0 Å². The zero-order valence-electron chi connectivity index (χ0n) is 14.0. The fourth-order valence-corrected chi connectivity index (χ4v) is 4.47. The van der Waals surface area contributed by atoms with Crippen molar-refractivity contribution in [3.63, 3.8) is 0 Å². The lowest BCUT2D eigenvalue weighted by Crippen LogP contribution is -2.40. The summed E-state index contributed by atoms with van der Waals surface area (Å²) in [5, 5.41) is 7.52. The SMILES string of the molecule is NC1CCN(c2ncncc2NC(=O)c2csc(-c3cccs3)n2)CC1. The minimum Gasteiger partial charge on any atom is -0.355 e. The van der Waals surface area contributed by atoms with Crippen molar-refractivity contribution >= 4 is 40.1 Å². The predicted molar refractivity (Wildman–Crippen MR) is 105 cm³/mol. The van der Waals surface area contributed by atoms with Crippen LogP contribution in [-0.2, 0) is 0 Å². The second kappa shape index (κ2) is 7.48. The van der Waals surface area contributed by atoms with E-state index in [0.717, 1.165) is 41.6 Å². The van der Waals surface area contributed by atoms with Gasteiger partial charge in [0, 0.05) is 24.5 Å². The second-order valence-corrected chi connectivity index (χ2v) is 7.86. The number of thiophene rings is 1. The molecule has 0 aliphatic carbocycles. The Morgan fingerprint density at radius 1 is 1.31 bits per heavy atom. The monoisotopic (exact) mass is 386 g/mol. The summed E-state index contributed by atoms with van der Waals surface area (Å²) in [6.07, 6.45) is 4.94. The van der Waals surface area contributed by atoms with Gasteiger partial charge in [-0.05, 0) is 24.3 Å². The molecule has 0 aromatic carbocycles. The number of anilines is 2. The van der Waals surface area contributed by atoms with Gasteiger partial charge in [0.25, 0.3) is 5.91 Å². The van der Waals surface area contributed by atoms with Crippen LogP contribution in [0.2, 0.25) is 0 Å². The number of aromatic nitrogens is 3. The van der Waals surface area contributed by atoms with Crippen molar-refractivity contribution in [2.45, 2.75) is 18.9 Å². The zero-order chi connectivity index (χ0) is 17.9. The first kappa shape index (κ1) is 17.1. The van der Waals surface area contributed by atoms with Crippen LogP contribution in [0.1, 0.15) is 23.3 Å². The van der Waals surface area contributed by atoms with Crippen LogP contribution in [0.4, 0.5) is 11.5 Å². The molecule has 4 rings (SSSR count). The Balaban J connectivity index is 1.51. The fourth-order valence-electron chi connectivity index (χ4n) is 2.85. The van der Waals surface area contributed by atoms with Crippen molar-refractivity contribution in [3.05, 3.63) is 41.1 Å². The number of carbonyl (C=O) groups excluding carboxylic acids is 1. The van der Waals surface area contributed by atoms with Gasteiger partial charge in [-0.3, -0.25) is 4.79 Å². The van der Waals surface area contributed by atoms with Gasteiger partial charge in [-0.2, -0.15) is 0 Å². The smallest absolute Gasteiger partial charge is 0.275 e. The maximum atomic E-state index is 12.6. The molecule has 3 N–H and O–H groups in total. The van der Waals surface area contributed by atoms with Crippen LogP contribution in [0.25, 0.3) is 9.88 Å². The van der Waals surface area contributed by atoms with Gasteiger partial charge in [-0.15, -0.1) is 22.7 Å². The average molecular weight is 387 g/mol. The molecule has 0 bridgehead atoms. The number of nitrogens with zero attached hydrogens (tertiary/aromatic N) is 4. The molecule has 3 aromatic rings. The lowest BCUT2D eigenvalue weighted by atomic mass is 10.1. The van der Waals surface area contributed by atoms with Gasteiger partial charge in [0.2, 0.25) is 0 Å². The first-order chi connectivity index (χ1) is 12.7. The van der Waals surface area contributed by atoms with E-state index in [0.29, 0.717) is 11.4 Å². The highest BCUT2D eigenvalue weighted by Gasteiger charge is 2.21. The van der Waals surface area contributed by atoms with E-state index in [9.17, 15) is 4.79 Å². The highest BCUT2D eigenvalue weighted by atomic mass is 32.1. The van der Waals surface area contributed by atoms with Crippen LogP contribution in [0.3, 0.4) is 0 Å². The standard InChI is InChI=1S/C17H18N6OS2/c18-11-3-5-23(6-4-11)15-12(8-19-10-20-15)21-16(24)13-9-26-17(22-13)14-2-1-7-25-14/h1-2,7-11H,3-6,18H2,(H,21,24). The fraction of sp³-hybridized carbons (Fsp3) is 0.294. The molecule has 4 heterocycles. The second-order valence-electron chi connectivity index (χ2n) is 6.05. The van der Waals surface area contributed by atoms with E-state index in [2.05, 4.69) is 25.2 Å². The molecule has 0 atom stereocenters. The quantitative estimate of drug-likeness (QED) is 0.716. The lowest BCUT2D eigenvalue weighted by molar-refractivity contribution is 0.102. The number of rotatable bonds is 4. The molecule has 0 spiro atoms. The molecule has 9 heteroatoms. The number of hydrogen-bond donors (Lipinski definition) is 2. The Labute approximate surface area is 158 Å². The van der Waals surface area contributed by atoms with Crippen molar-refractivity contribution in [1.82, 2.24) is 15.0 Å². The summed E-state index contributed by atoms with van der Waals surface area (Å²) in [6, 6.07) is 4.20. The maximum absolute atomic E-state index is 12.6. The Hall–Kier alpha value is -2.36.